The van der Waals surface area contributed by atoms with E-state index in [4.69, 9.17) is 29.4 Å². The minimum absolute atomic E-state index is 0. The van der Waals surface area contributed by atoms with Gasteiger partial charge in [-0.3, -0.25) is 52.7 Å². The Kier molecular flexibility index (Phi) is 47.5. The number of esters is 5. The number of hydrogen-bond donors (Lipinski definition) is 7. The van der Waals surface area contributed by atoms with Crippen molar-refractivity contribution in [2.75, 3.05) is 45.1 Å². The number of carboxylic acid groups (broad SMARTS) is 1. The van der Waals surface area contributed by atoms with Gasteiger partial charge in [-0.05, 0) is 102 Å². The number of aliphatic carboxylic acids is 1. The highest BCUT2D eigenvalue weighted by atomic mass is 32.2. The van der Waals surface area contributed by atoms with Gasteiger partial charge in [0.25, 0.3) is 0 Å². The molecule has 608 valence electrons. The molecule has 0 unspecified atom stereocenters. The highest BCUT2D eigenvalue weighted by Gasteiger charge is 2.32. The fourth-order valence-electron chi connectivity index (χ4n) is 8.97. The molecule has 0 radical (unpaired) electrons. The second kappa shape index (κ2) is 50.7. The molecule has 0 saturated carbocycles. The van der Waals surface area contributed by atoms with E-state index in [0.717, 1.165) is 33.8 Å². The van der Waals surface area contributed by atoms with Crippen LogP contribution in [0.25, 0.3) is 0 Å². The van der Waals surface area contributed by atoms with Gasteiger partial charge in [-0.25, -0.2) is 48.1 Å². The first-order valence-corrected chi connectivity index (χ1v) is 36.5. The van der Waals surface area contributed by atoms with Crippen LogP contribution < -0.4 is 21.7 Å². The molecule has 0 aliphatic carbocycles. The van der Waals surface area contributed by atoms with E-state index in [-0.39, 0.29) is 137 Å². The van der Waals surface area contributed by atoms with Crippen molar-refractivity contribution in [3.63, 3.8) is 0 Å². The molecule has 34 nitrogen and oxygen atoms in total. The number of ether oxygens (including phenoxy) is 7. The van der Waals surface area contributed by atoms with Crippen LogP contribution in [-0.4, -0.2) is 213 Å². The van der Waals surface area contributed by atoms with E-state index >= 15 is 0 Å². The van der Waals surface area contributed by atoms with Gasteiger partial charge in [-0.15, -0.1) is 0 Å². The van der Waals surface area contributed by atoms with Crippen molar-refractivity contribution in [1.29, 1.82) is 0 Å². The SMILES string of the molecule is C.CC(C)(C)OC(=O)CCCC(=O)C[C@@H](Cc1cncn1C(=O)OC(C)(C)C)C(=O)O.COC(=O)[C@H](CS)NC(C)=O.COC(=O)[C@H](CSC(=O)[C@@H](CC(=O)CCCC(=O)OC(C)(C)C)Cc1cncn1C(=O)OC(C)(C)C)NC(C)=O.COC(=O)[C@H](CSC(=O)[C@@H](CC(=O)CCN)Cc1cnc[nH]1)NC(C)=O. The summed E-state index contributed by atoms with van der Waals surface area (Å²) in [5.74, 6) is -7.87. The average Bonchev–Trinajstić information content (AvgIpc) is 1.66. The first-order valence-electron chi connectivity index (χ1n) is 33.9. The lowest BCUT2D eigenvalue weighted by Crippen LogP contribution is -2.42. The van der Waals surface area contributed by atoms with Gasteiger partial charge < -0.3 is 64.9 Å². The van der Waals surface area contributed by atoms with E-state index in [9.17, 15) is 81.8 Å². The van der Waals surface area contributed by atoms with Crippen molar-refractivity contribution in [3.8, 4) is 0 Å². The van der Waals surface area contributed by atoms with Gasteiger partial charge in [0, 0.05) is 156 Å². The minimum Gasteiger partial charge on any atom is -0.481 e. The van der Waals surface area contributed by atoms with Crippen molar-refractivity contribution in [2.24, 2.45) is 23.5 Å². The number of nitrogens with two attached hydrogens (primary N) is 1. The van der Waals surface area contributed by atoms with E-state index in [2.05, 4.69) is 58.0 Å². The van der Waals surface area contributed by atoms with Crippen LogP contribution in [0.5, 0.6) is 0 Å². The molecule has 0 aromatic carbocycles. The van der Waals surface area contributed by atoms with Crippen LogP contribution in [0.1, 0.15) is 193 Å². The molecule has 0 aliphatic heterocycles. The number of carbonyl (C=O) groups is 16. The number of thioether (sulfide) groups is 2. The van der Waals surface area contributed by atoms with Crippen LogP contribution in [0.2, 0.25) is 0 Å². The first-order chi connectivity index (χ1) is 49.6. The molecule has 3 aromatic rings. The molecule has 6 atom stereocenters. The fraction of sp³-hybridized carbons (Fsp3) is 0.648. The number of imidazole rings is 3. The summed E-state index contributed by atoms with van der Waals surface area (Å²) in [4.78, 5) is 206. The lowest BCUT2D eigenvalue weighted by atomic mass is 9.95. The Morgan fingerprint density at radius 3 is 1.17 bits per heavy atom. The molecular weight excluding hydrogens is 1470 g/mol. The number of carbonyl (C=O) groups excluding carboxylic acids is 15. The third-order valence-electron chi connectivity index (χ3n) is 13.5. The monoisotopic (exact) mass is 1580 g/mol. The molecule has 3 heterocycles. The highest BCUT2D eigenvalue weighted by molar-refractivity contribution is 8.14. The zero-order valence-corrected chi connectivity index (χ0v) is 66.9. The summed E-state index contributed by atoms with van der Waals surface area (Å²) in [5.41, 5.74) is 4.13. The van der Waals surface area contributed by atoms with E-state index in [1.165, 1.54) is 78.0 Å². The normalized spacial score (nSPS) is 12.7. The van der Waals surface area contributed by atoms with Crippen LogP contribution in [0, 0.1) is 17.8 Å². The molecule has 108 heavy (non-hydrogen) atoms. The summed E-state index contributed by atoms with van der Waals surface area (Å²) in [6.07, 6.45) is 8.04. The summed E-state index contributed by atoms with van der Waals surface area (Å²) in [5, 5.41) is 16.1. The summed E-state index contributed by atoms with van der Waals surface area (Å²) >= 11 is 5.53. The number of Topliss-reactive ketones (excluding diaryl/α,β-unsaturated/α-hetero) is 3. The summed E-state index contributed by atoms with van der Waals surface area (Å²) < 4.78 is 37.2. The lowest BCUT2D eigenvalue weighted by Gasteiger charge is -2.21. The van der Waals surface area contributed by atoms with E-state index < -0.39 is 123 Å². The molecule has 0 bridgehead atoms. The summed E-state index contributed by atoms with van der Waals surface area (Å²) in [6.45, 7) is 24.9. The quantitative estimate of drug-likeness (QED) is 0.0182. The van der Waals surface area contributed by atoms with Crippen LogP contribution >= 0.6 is 36.2 Å². The number of methoxy groups -OCH3 is 3. The van der Waals surface area contributed by atoms with Gasteiger partial charge in [0.1, 0.15) is 70.5 Å². The molecule has 0 aliphatic rings. The second-order valence-corrected chi connectivity index (χ2v) is 30.4. The molecule has 7 N–H and O–H groups in total. The van der Waals surface area contributed by atoms with Crippen molar-refractivity contribution in [1.82, 2.24) is 45.0 Å². The number of amides is 3. The third-order valence-corrected chi connectivity index (χ3v) is 16.1. The van der Waals surface area contributed by atoms with E-state index in [1.54, 1.807) is 89.3 Å². The number of aromatic amines is 1. The number of nitrogens with zero attached hydrogens (tertiary/aromatic N) is 5. The van der Waals surface area contributed by atoms with Crippen molar-refractivity contribution in [2.45, 2.75) is 235 Å². The number of aromatic nitrogens is 6. The Labute approximate surface area is 644 Å². The lowest BCUT2D eigenvalue weighted by molar-refractivity contribution is -0.156. The van der Waals surface area contributed by atoms with Gasteiger partial charge in [0.15, 0.2) is 10.2 Å². The number of carboxylic acids is 1. The number of nitrogens with one attached hydrogen (secondary N) is 4. The molecule has 0 spiro atoms. The Balaban J connectivity index is 0. The van der Waals surface area contributed by atoms with Gasteiger partial charge in [-0.1, -0.05) is 31.0 Å². The maximum Gasteiger partial charge on any atom is 0.420 e. The van der Waals surface area contributed by atoms with Crippen molar-refractivity contribution < 1.29 is 115 Å². The Morgan fingerprint density at radius 2 is 0.843 bits per heavy atom. The van der Waals surface area contributed by atoms with Crippen LogP contribution in [0.15, 0.2) is 37.6 Å². The predicted molar refractivity (Wildman–Crippen MR) is 402 cm³/mol. The molecule has 3 aromatic heterocycles. The van der Waals surface area contributed by atoms with Crippen LogP contribution in [-0.2, 0) is 120 Å². The number of rotatable bonds is 36. The molecule has 0 fully saturated rings. The minimum atomic E-state index is -1.15. The Hall–Kier alpha value is -8.84. The van der Waals surface area contributed by atoms with E-state index in [1.807, 2.05) is 0 Å². The molecule has 0 saturated heterocycles. The standard InChI is InChI=1S/C27H41N3O9S.C21H32N2O7.C16H24N4O5S.C6H11NO3S.CH4/c1-17(31)29-21(23(34)37-8)15-40-24(35)18(13-20(32)10-9-11-22(33)38-26(2,3)4)12-19-14-28-16-30(19)25(36)39-27(5,6)7;1-20(2,3)29-17(25)9-7-8-16(24)11-14(18(26)27)10-15-12-22-13-23(15)19(28)30-21(4,5)6;1-10(21)20-14(15(23)25-2)8-26-16(24)11(6-13(22)3-4-17)5-12-7-18-9-19-12;1-4(8)7-5(3-11)6(9)10-2;/h14,16,18,21H,9-13,15H2,1-8H3,(H,29,31);12-14H,7-11H2,1-6H3,(H,26,27);7,9,11,14H,3-6,8,17H2,1-2H3,(H,18,19)(H,20,21);5,11H,3H2,1-2H3,(H,7,8);1H4/t18-,21+;14-;11-,14+;5-;/m1110./s1. The maximum atomic E-state index is 13.3. The zero-order chi connectivity index (χ0) is 82.2. The molecule has 37 heteroatoms. The Bertz CT molecular complexity index is 3440. The smallest absolute Gasteiger partial charge is 0.420 e. The second-order valence-electron chi connectivity index (χ2n) is 28.0. The maximum absolute atomic E-state index is 13.3. The topological polar surface area (TPSA) is 484 Å². The molecule has 3 rings (SSSR count). The van der Waals surface area contributed by atoms with Crippen molar-refractivity contribution in [3.05, 3.63) is 54.7 Å². The number of hydrogen-bond acceptors (Lipinski definition) is 30. The fourth-order valence-corrected chi connectivity index (χ4v) is 11.1. The zero-order valence-electron chi connectivity index (χ0n) is 64.4. The first kappa shape index (κ1) is 101. The van der Waals surface area contributed by atoms with Gasteiger partial charge >= 0.3 is 48.0 Å². The van der Waals surface area contributed by atoms with Gasteiger partial charge in [-0.2, -0.15) is 12.6 Å². The largest absolute Gasteiger partial charge is 0.481 e. The van der Waals surface area contributed by atoms with Crippen LogP contribution in [0.3, 0.4) is 0 Å². The molecule has 3 amide bonds. The number of ketones is 3. The van der Waals surface area contributed by atoms with E-state index in [0.29, 0.717) is 17.8 Å². The average molecular weight is 1590 g/mol. The number of H-pyrrole nitrogens is 1. The van der Waals surface area contributed by atoms with Crippen LogP contribution in [0.4, 0.5) is 9.59 Å². The Morgan fingerprint density at radius 1 is 0.500 bits per heavy atom. The van der Waals surface area contributed by atoms with Gasteiger partial charge in [0.05, 0.1) is 33.6 Å². The third kappa shape index (κ3) is 46.4. The predicted octanol–water partition coefficient (Wildman–Crippen LogP) is 6.66. The summed E-state index contributed by atoms with van der Waals surface area (Å²) in [7, 11) is 3.64. The van der Waals surface area contributed by atoms with Gasteiger partial charge in [0.2, 0.25) is 17.7 Å². The highest BCUT2D eigenvalue weighted by Crippen LogP contribution is 2.26. The molecular formula is C71H112N10O24S3. The van der Waals surface area contributed by atoms with Crippen molar-refractivity contribution >= 4 is 129 Å². The number of thiol groups is 1. The summed E-state index contributed by atoms with van der Waals surface area (Å²) in [6, 6.07) is -2.63.